The van der Waals surface area contributed by atoms with Crippen molar-refractivity contribution in [3.63, 3.8) is 0 Å². The van der Waals surface area contributed by atoms with E-state index in [1.165, 1.54) is 37.0 Å². The fourth-order valence-electron chi connectivity index (χ4n) is 3.44. The van der Waals surface area contributed by atoms with Crippen LogP contribution in [-0.2, 0) is 0 Å². The number of benzene rings is 3. The summed E-state index contributed by atoms with van der Waals surface area (Å²) in [6, 6.07) is 24.3. The summed E-state index contributed by atoms with van der Waals surface area (Å²) in [4.78, 5) is 0. The lowest BCUT2D eigenvalue weighted by molar-refractivity contribution is 0.868. The van der Waals surface area contributed by atoms with E-state index in [0.717, 1.165) is 0 Å². The fourth-order valence-corrected chi connectivity index (χ4v) is 4.38. The topological polar surface area (TPSA) is 0 Å². The molecule has 25 heavy (non-hydrogen) atoms. The molecule has 0 heterocycles. The molecule has 0 bridgehead atoms. The molecule has 0 aliphatic rings. The highest BCUT2D eigenvalue weighted by molar-refractivity contribution is 14.1. The third-order valence-corrected chi connectivity index (χ3v) is 5.91. The summed E-state index contributed by atoms with van der Waals surface area (Å²) in [6.07, 6.45) is 0. The van der Waals surface area contributed by atoms with Crippen molar-refractivity contribution in [2.75, 3.05) is 0 Å². The number of hydrogen-bond donors (Lipinski definition) is 0. The van der Waals surface area contributed by atoms with Crippen LogP contribution in [0.5, 0.6) is 0 Å². The van der Waals surface area contributed by atoms with Crippen LogP contribution in [0, 0.1) is 3.57 Å². The predicted molar refractivity (Wildman–Crippen MR) is 118 cm³/mol. The third kappa shape index (κ3) is 3.67. The van der Waals surface area contributed by atoms with Crippen molar-refractivity contribution >= 4 is 22.6 Å². The van der Waals surface area contributed by atoms with E-state index in [9.17, 15) is 0 Å². The number of rotatable bonds is 4. The maximum absolute atomic E-state index is 2.53. The summed E-state index contributed by atoms with van der Waals surface area (Å²) in [6.45, 7) is 9.07. The van der Waals surface area contributed by atoms with Gasteiger partial charge in [-0.25, -0.2) is 0 Å². The standard InChI is InChI=1S/C24H25I/c1-16(2)18-10-5-7-12-20(18)22-14-9-15-23(24(22)25)21-13-8-6-11-19(21)17(3)4/h5-17H,1-4H3. The quantitative estimate of drug-likeness (QED) is 0.362. The molecule has 0 amide bonds. The van der Waals surface area contributed by atoms with Gasteiger partial charge in [-0.3, -0.25) is 0 Å². The second kappa shape index (κ2) is 7.74. The minimum absolute atomic E-state index is 0.513. The Balaban J connectivity index is 2.21. The van der Waals surface area contributed by atoms with Gasteiger partial charge in [-0.05, 0) is 67.8 Å². The Morgan fingerprint density at radius 3 is 1.28 bits per heavy atom. The van der Waals surface area contributed by atoms with Crippen molar-refractivity contribution < 1.29 is 0 Å². The first kappa shape index (κ1) is 18.2. The van der Waals surface area contributed by atoms with Gasteiger partial charge >= 0.3 is 0 Å². The van der Waals surface area contributed by atoms with E-state index in [2.05, 4.69) is 117 Å². The van der Waals surface area contributed by atoms with Crippen LogP contribution in [0.4, 0.5) is 0 Å². The molecule has 0 unspecified atom stereocenters. The van der Waals surface area contributed by atoms with Crippen LogP contribution in [0.15, 0.2) is 66.7 Å². The van der Waals surface area contributed by atoms with E-state index in [0.29, 0.717) is 11.8 Å². The van der Waals surface area contributed by atoms with Crippen LogP contribution in [0.2, 0.25) is 0 Å². The van der Waals surface area contributed by atoms with Crippen molar-refractivity contribution in [1.29, 1.82) is 0 Å². The van der Waals surface area contributed by atoms with Crippen molar-refractivity contribution in [2.24, 2.45) is 0 Å². The van der Waals surface area contributed by atoms with E-state index in [-0.39, 0.29) is 0 Å². The van der Waals surface area contributed by atoms with E-state index in [1.807, 2.05) is 0 Å². The van der Waals surface area contributed by atoms with Crippen molar-refractivity contribution in [1.82, 2.24) is 0 Å². The highest BCUT2D eigenvalue weighted by Gasteiger charge is 2.16. The van der Waals surface area contributed by atoms with Crippen LogP contribution in [0.3, 0.4) is 0 Å². The molecule has 0 saturated carbocycles. The predicted octanol–water partition coefficient (Wildman–Crippen LogP) is 7.87. The van der Waals surface area contributed by atoms with Gasteiger partial charge < -0.3 is 0 Å². The first-order valence-corrected chi connectivity index (χ1v) is 10.1. The summed E-state index contributed by atoms with van der Waals surface area (Å²) in [7, 11) is 0. The molecule has 0 nitrogen and oxygen atoms in total. The molecule has 0 aromatic heterocycles. The summed E-state index contributed by atoms with van der Waals surface area (Å²) >= 11 is 2.53. The zero-order valence-electron chi connectivity index (χ0n) is 15.4. The number of hydrogen-bond acceptors (Lipinski definition) is 0. The first-order chi connectivity index (χ1) is 12.0. The third-order valence-electron chi connectivity index (χ3n) is 4.74. The monoisotopic (exact) mass is 440 g/mol. The highest BCUT2D eigenvalue weighted by atomic mass is 127. The average Bonchev–Trinajstić information content (AvgIpc) is 2.62. The van der Waals surface area contributed by atoms with Gasteiger partial charge in [-0.2, -0.15) is 0 Å². The van der Waals surface area contributed by atoms with E-state index in [4.69, 9.17) is 0 Å². The van der Waals surface area contributed by atoms with Crippen LogP contribution in [0.25, 0.3) is 22.3 Å². The second-order valence-electron chi connectivity index (χ2n) is 7.15. The summed E-state index contributed by atoms with van der Waals surface area (Å²) in [5.74, 6) is 1.03. The van der Waals surface area contributed by atoms with Gasteiger partial charge in [0, 0.05) is 3.57 Å². The van der Waals surface area contributed by atoms with Gasteiger partial charge in [0.1, 0.15) is 0 Å². The highest BCUT2D eigenvalue weighted by Crippen LogP contribution is 2.39. The lowest BCUT2D eigenvalue weighted by atomic mass is 9.89. The number of halogens is 1. The molecule has 0 N–H and O–H groups in total. The van der Waals surface area contributed by atoms with E-state index in [1.54, 1.807) is 0 Å². The minimum atomic E-state index is 0.513. The van der Waals surface area contributed by atoms with Gasteiger partial charge in [-0.15, -0.1) is 0 Å². The van der Waals surface area contributed by atoms with Crippen LogP contribution >= 0.6 is 22.6 Å². The van der Waals surface area contributed by atoms with E-state index >= 15 is 0 Å². The Morgan fingerprint density at radius 2 is 0.880 bits per heavy atom. The van der Waals surface area contributed by atoms with Gasteiger partial charge in [0.05, 0.1) is 0 Å². The Hall–Kier alpha value is -1.61. The Kier molecular flexibility index (Phi) is 5.63. The van der Waals surface area contributed by atoms with Gasteiger partial charge in [0.2, 0.25) is 0 Å². The minimum Gasteiger partial charge on any atom is -0.0619 e. The lowest BCUT2D eigenvalue weighted by Gasteiger charge is -2.18. The normalized spacial score (nSPS) is 11.3. The smallest absolute Gasteiger partial charge is 0.0287 e. The lowest BCUT2D eigenvalue weighted by Crippen LogP contribution is -1.97. The fraction of sp³-hybridized carbons (Fsp3) is 0.250. The molecule has 0 saturated heterocycles. The Labute approximate surface area is 165 Å². The second-order valence-corrected chi connectivity index (χ2v) is 8.23. The maximum atomic E-state index is 2.53. The molecule has 3 aromatic carbocycles. The maximum Gasteiger partial charge on any atom is 0.0287 e. The summed E-state index contributed by atoms with van der Waals surface area (Å²) < 4.78 is 1.33. The van der Waals surface area contributed by atoms with Crippen LogP contribution in [-0.4, -0.2) is 0 Å². The molecule has 0 radical (unpaired) electrons. The molecule has 3 rings (SSSR count). The van der Waals surface area contributed by atoms with Gasteiger partial charge in [-0.1, -0.05) is 94.4 Å². The largest absolute Gasteiger partial charge is 0.0619 e. The van der Waals surface area contributed by atoms with Gasteiger partial charge in [0.15, 0.2) is 0 Å². The molecule has 3 aromatic rings. The van der Waals surface area contributed by atoms with Crippen molar-refractivity contribution in [3.05, 3.63) is 81.4 Å². The SMILES string of the molecule is CC(C)c1ccccc1-c1cccc(-c2ccccc2C(C)C)c1I. The van der Waals surface area contributed by atoms with Crippen molar-refractivity contribution in [3.8, 4) is 22.3 Å². The molecular weight excluding hydrogens is 415 g/mol. The molecule has 1 heteroatoms. The summed E-state index contributed by atoms with van der Waals surface area (Å²) in [5, 5.41) is 0. The molecule has 0 spiro atoms. The Bertz CT molecular complexity index is 805. The zero-order chi connectivity index (χ0) is 18.0. The van der Waals surface area contributed by atoms with Crippen LogP contribution < -0.4 is 0 Å². The van der Waals surface area contributed by atoms with Gasteiger partial charge in [0.25, 0.3) is 0 Å². The molecule has 0 atom stereocenters. The molecule has 0 fully saturated rings. The molecule has 0 aliphatic heterocycles. The molecule has 128 valence electrons. The van der Waals surface area contributed by atoms with Crippen LogP contribution in [0.1, 0.15) is 50.7 Å². The zero-order valence-corrected chi connectivity index (χ0v) is 17.5. The molecular formula is C24H25I. The van der Waals surface area contributed by atoms with Crippen molar-refractivity contribution in [2.45, 2.75) is 39.5 Å². The van der Waals surface area contributed by atoms with E-state index < -0.39 is 0 Å². The Morgan fingerprint density at radius 1 is 0.520 bits per heavy atom. The molecule has 0 aliphatic carbocycles. The first-order valence-electron chi connectivity index (χ1n) is 8.97. The average molecular weight is 440 g/mol. The summed E-state index contributed by atoms with van der Waals surface area (Å²) in [5.41, 5.74) is 8.20.